The van der Waals surface area contributed by atoms with E-state index in [2.05, 4.69) is 10.6 Å². The van der Waals surface area contributed by atoms with Gasteiger partial charge in [0, 0.05) is 41.3 Å². The molecule has 1 saturated heterocycles. The summed E-state index contributed by atoms with van der Waals surface area (Å²) >= 11 is 6.19. The number of halogens is 1. The lowest BCUT2D eigenvalue weighted by atomic mass is 10.0. The predicted octanol–water partition coefficient (Wildman–Crippen LogP) is 3.02. The Hall–Kier alpha value is -2.86. The molecule has 0 bridgehead atoms. The largest absolute Gasteiger partial charge is 0.381 e. The Morgan fingerprint density at radius 2 is 2.11 bits per heavy atom. The summed E-state index contributed by atoms with van der Waals surface area (Å²) in [7, 11) is 0. The third-order valence-corrected chi connectivity index (χ3v) is 5.52. The van der Waals surface area contributed by atoms with Gasteiger partial charge in [0.05, 0.1) is 1.37 Å². The summed E-state index contributed by atoms with van der Waals surface area (Å²) in [6.07, 6.45) is 0.0245. The SMILES string of the molecule is [2H][C@@]1(N2Cc3c(NCc4ccc(C)c(Cl)c4)cccc3C2=O)CCC(=O)NC1=O. The van der Waals surface area contributed by atoms with Gasteiger partial charge in [0.1, 0.15) is 6.02 Å². The van der Waals surface area contributed by atoms with Crippen LogP contribution < -0.4 is 10.6 Å². The van der Waals surface area contributed by atoms with Gasteiger partial charge in [-0.25, -0.2) is 0 Å². The smallest absolute Gasteiger partial charge is 0.255 e. The molecule has 0 aliphatic carbocycles. The van der Waals surface area contributed by atoms with Crippen LogP contribution in [0.1, 0.15) is 41.3 Å². The minimum absolute atomic E-state index is 0.0119. The molecule has 1 atom stereocenters. The van der Waals surface area contributed by atoms with Gasteiger partial charge in [0.15, 0.2) is 0 Å². The molecule has 2 aliphatic rings. The van der Waals surface area contributed by atoms with Crippen molar-refractivity contribution in [2.24, 2.45) is 0 Å². The molecule has 0 spiro atoms. The first-order valence-corrected chi connectivity index (χ1v) is 9.44. The molecule has 0 radical (unpaired) electrons. The van der Waals surface area contributed by atoms with Crippen molar-refractivity contribution in [3.05, 3.63) is 63.7 Å². The summed E-state index contributed by atoms with van der Waals surface area (Å²) in [6, 6.07) is 9.38. The first kappa shape index (κ1) is 17.3. The molecule has 0 unspecified atom stereocenters. The molecule has 6 nitrogen and oxygen atoms in total. The van der Waals surface area contributed by atoms with Crippen molar-refractivity contribution in [1.29, 1.82) is 0 Å². The number of fused-ring (bicyclic) bond motifs is 1. The van der Waals surface area contributed by atoms with Crippen LogP contribution in [0.5, 0.6) is 0 Å². The van der Waals surface area contributed by atoms with E-state index in [0.29, 0.717) is 17.1 Å². The van der Waals surface area contributed by atoms with Crippen LogP contribution in [0.4, 0.5) is 5.69 Å². The van der Waals surface area contributed by atoms with Crippen molar-refractivity contribution in [2.45, 2.75) is 38.9 Å². The highest BCUT2D eigenvalue weighted by molar-refractivity contribution is 6.31. The number of amides is 3. The van der Waals surface area contributed by atoms with Gasteiger partial charge in [0.25, 0.3) is 5.91 Å². The molecule has 28 heavy (non-hydrogen) atoms. The number of anilines is 1. The second-order valence-corrected chi connectivity index (χ2v) is 7.39. The second-order valence-electron chi connectivity index (χ2n) is 6.98. The number of imide groups is 1. The second kappa shape index (κ2) is 7.28. The minimum atomic E-state index is -1.79. The van der Waals surface area contributed by atoms with Gasteiger partial charge in [0.2, 0.25) is 11.8 Å². The zero-order valence-electron chi connectivity index (χ0n) is 16.3. The van der Waals surface area contributed by atoms with E-state index in [1.165, 1.54) is 4.90 Å². The fourth-order valence-corrected chi connectivity index (χ4v) is 3.73. The van der Waals surface area contributed by atoms with Crippen LogP contribution in [-0.2, 0) is 22.7 Å². The highest BCUT2D eigenvalue weighted by Gasteiger charge is 2.39. The monoisotopic (exact) mass is 398 g/mol. The molecular weight excluding hydrogens is 378 g/mol. The highest BCUT2D eigenvalue weighted by atomic mass is 35.5. The summed E-state index contributed by atoms with van der Waals surface area (Å²) in [6.45, 7) is 2.60. The van der Waals surface area contributed by atoms with Crippen molar-refractivity contribution in [3.63, 3.8) is 0 Å². The maximum atomic E-state index is 12.9. The van der Waals surface area contributed by atoms with E-state index >= 15 is 0 Å². The number of hydrogen-bond donors (Lipinski definition) is 2. The summed E-state index contributed by atoms with van der Waals surface area (Å²) in [5, 5.41) is 6.20. The van der Waals surface area contributed by atoms with Crippen LogP contribution in [0.2, 0.25) is 5.02 Å². The van der Waals surface area contributed by atoms with Gasteiger partial charge in [-0.3, -0.25) is 19.7 Å². The number of carbonyl (C=O) groups excluding carboxylic acids is 3. The molecule has 0 aromatic heterocycles. The van der Waals surface area contributed by atoms with Crippen LogP contribution >= 0.6 is 11.6 Å². The molecule has 7 heteroatoms. The van der Waals surface area contributed by atoms with Gasteiger partial charge in [-0.2, -0.15) is 0 Å². The molecule has 2 N–H and O–H groups in total. The fraction of sp³-hybridized carbons (Fsp3) is 0.286. The normalized spacial score (nSPS) is 22.0. The first-order valence-electron chi connectivity index (χ1n) is 9.56. The fourth-order valence-electron chi connectivity index (χ4n) is 3.52. The molecule has 0 saturated carbocycles. The summed E-state index contributed by atoms with van der Waals surface area (Å²) in [5.41, 5.74) is 3.98. The van der Waals surface area contributed by atoms with Crippen molar-refractivity contribution >= 4 is 35.0 Å². The minimum Gasteiger partial charge on any atom is -0.381 e. The number of nitrogens with one attached hydrogen (secondary N) is 2. The van der Waals surface area contributed by atoms with E-state index in [9.17, 15) is 14.4 Å². The first-order chi connectivity index (χ1) is 13.8. The van der Waals surface area contributed by atoms with Crippen molar-refractivity contribution in [3.8, 4) is 0 Å². The zero-order chi connectivity index (χ0) is 20.8. The zero-order valence-corrected chi connectivity index (χ0v) is 16.1. The van der Waals surface area contributed by atoms with Crippen LogP contribution in [-0.4, -0.2) is 28.6 Å². The Balaban J connectivity index is 1.57. The Morgan fingerprint density at radius 3 is 2.86 bits per heavy atom. The molecule has 3 amide bonds. The van der Waals surface area contributed by atoms with Crippen LogP contribution in [0.3, 0.4) is 0 Å². The van der Waals surface area contributed by atoms with E-state index in [4.69, 9.17) is 13.0 Å². The van der Waals surface area contributed by atoms with E-state index in [-0.39, 0.29) is 25.3 Å². The third kappa shape index (κ3) is 3.36. The lowest BCUT2D eigenvalue weighted by Crippen LogP contribution is -2.52. The third-order valence-electron chi connectivity index (χ3n) is 5.12. The number of aryl methyl sites for hydroxylation is 1. The quantitative estimate of drug-likeness (QED) is 0.776. The number of benzene rings is 2. The van der Waals surface area contributed by atoms with E-state index in [1.807, 2.05) is 31.2 Å². The van der Waals surface area contributed by atoms with Crippen molar-refractivity contribution in [2.75, 3.05) is 5.32 Å². The molecule has 2 aromatic rings. The number of rotatable bonds is 4. The van der Waals surface area contributed by atoms with Gasteiger partial charge < -0.3 is 10.2 Å². The van der Waals surface area contributed by atoms with E-state index < -0.39 is 17.8 Å². The average Bonchev–Trinajstić information content (AvgIpc) is 3.04. The van der Waals surface area contributed by atoms with Crippen LogP contribution in [0.25, 0.3) is 0 Å². The number of piperidine rings is 1. The molecule has 1 fully saturated rings. The molecule has 144 valence electrons. The van der Waals surface area contributed by atoms with Crippen molar-refractivity contribution < 1.29 is 15.8 Å². The van der Waals surface area contributed by atoms with Crippen LogP contribution in [0, 0.1) is 6.92 Å². The molecule has 4 rings (SSSR count). The molecule has 2 heterocycles. The van der Waals surface area contributed by atoms with Crippen molar-refractivity contribution in [1.82, 2.24) is 10.2 Å². The van der Waals surface area contributed by atoms with Gasteiger partial charge in [-0.15, -0.1) is 0 Å². The Bertz CT molecular complexity index is 1040. The predicted molar refractivity (Wildman–Crippen MR) is 106 cm³/mol. The topological polar surface area (TPSA) is 78.5 Å². The standard InChI is InChI=1S/C21H20ClN3O3/c1-12-5-6-13(9-16(12)22)10-23-17-4-2-3-14-15(17)11-25(21(14)28)18-7-8-19(26)24-20(18)27/h2-6,9,18,23H,7-8,10-11H2,1H3,(H,24,26,27)/t18-/m1/s1/i18D. The molecule has 2 aliphatic heterocycles. The molecule has 2 aromatic carbocycles. The van der Waals surface area contributed by atoms with Gasteiger partial charge in [-0.1, -0.05) is 29.8 Å². The summed E-state index contributed by atoms with van der Waals surface area (Å²) in [5.74, 6) is -1.54. The highest BCUT2D eigenvalue weighted by Crippen LogP contribution is 2.32. The maximum Gasteiger partial charge on any atom is 0.255 e. The summed E-state index contributed by atoms with van der Waals surface area (Å²) < 4.78 is 8.58. The Labute approximate surface area is 169 Å². The van der Waals surface area contributed by atoms with Crippen LogP contribution in [0.15, 0.2) is 36.4 Å². The number of hydrogen-bond acceptors (Lipinski definition) is 4. The maximum absolute atomic E-state index is 12.9. The lowest BCUT2D eigenvalue weighted by Gasteiger charge is -2.29. The van der Waals surface area contributed by atoms with Gasteiger partial charge >= 0.3 is 0 Å². The molecular formula is C21H20ClN3O3. The van der Waals surface area contributed by atoms with E-state index in [0.717, 1.165) is 22.4 Å². The average molecular weight is 399 g/mol. The van der Waals surface area contributed by atoms with E-state index in [1.54, 1.807) is 12.1 Å². The summed E-state index contributed by atoms with van der Waals surface area (Å²) in [4.78, 5) is 38.0. The number of carbonyl (C=O) groups is 3. The Kier molecular flexibility index (Phi) is 4.49. The Morgan fingerprint density at radius 1 is 1.29 bits per heavy atom. The number of nitrogens with zero attached hydrogens (tertiary/aromatic N) is 1. The lowest BCUT2D eigenvalue weighted by molar-refractivity contribution is -0.136. The van der Waals surface area contributed by atoms with Gasteiger partial charge in [-0.05, 0) is 42.7 Å².